The van der Waals surface area contributed by atoms with Crippen LogP contribution >= 0.6 is 34.5 Å². The van der Waals surface area contributed by atoms with E-state index in [0.29, 0.717) is 52.3 Å². The molecule has 1 aromatic carbocycles. The highest BCUT2D eigenvalue weighted by atomic mass is 35.5. The second-order valence-corrected chi connectivity index (χ2v) is 8.37. The van der Waals surface area contributed by atoms with Gasteiger partial charge in [-0.2, -0.15) is 0 Å². The highest BCUT2D eigenvalue weighted by Crippen LogP contribution is 2.31. The predicted molar refractivity (Wildman–Crippen MR) is 115 cm³/mol. The van der Waals surface area contributed by atoms with Gasteiger partial charge in [0.05, 0.1) is 15.1 Å². The van der Waals surface area contributed by atoms with Crippen LogP contribution in [0.2, 0.25) is 10.0 Å². The fourth-order valence-corrected chi connectivity index (χ4v) is 4.64. The van der Waals surface area contributed by atoms with Gasteiger partial charge < -0.3 is 20.9 Å². The van der Waals surface area contributed by atoms with Crippen LogP contribution in [0.4, 0.5) is 16.3 Å². The topological polar surface area (TPSA) is 104 Å². The van der Waals surface area contributed by atoms with E-state index in [1.807, 2.05) is 0 Å². The summed E-state index contributed by atoms with van der Waals surface area (Å²) >= 11 is 13.2. The summed E-state index contributed by atoms with van der Waals surface area (Å²) in [6.45, 7) is 2.22. The molecule has 1 aliphatic heterocycles. The maximum Gasteiger partial charge on any atom is 0.321 e. The molecule has 2 aromatic heterocycles. The number of primary amides is 1. The van der Waals surface area contributed by atoms with Gasteiger partial charge in [-0.25, -0.2) is 14.8 Å². The summed E-state index contributed by atoms with van der Waals surface area (Å²) in [6, 6.07) is 6.35. The molecule has 0 aliphatic carbocycles. The van der Waals surface area contributed by atoms with Gasteiger partial charge in [-0.05, 0) is 24.3 Å². The summed E-state index contributed by atoms with van der Waals surface area (Å²) in [7, 11) is 0. The quantitative estimate of drug-likeness (QED) is 0.635. The Morgan fingerprint density at radius 2 is 1.72 bits per heavy atom. The van der Waals surface area contributed by atoms with Crippen LogP contribution in [0.25, 0.3) is 10.2 Å². The lowest BCUT2D eigenvalue weighted by Gasteiger charge is -2.35. The number of amides is 3. The minimum absolute atomic E-state index is 0.219. The van der Waals surface area contributed by atoms with Crippen LogP contribution in [-0.4, -0.2) is 53.0 Å². The van der Waals surface area contributed by atoms with E-state index < -0.39 is 5.91 Å². The smallest absolute Gasteiger partial charge is 0.321 e. The molecule has 0 spiro atoms. The van der Waals surface area contributed by atoms with Crippen molar-refractivity contribution in [2.24, 2.45) is 5.73 Å². The SMILES string of the molecule is NC(=O)c1cc2ncnc(N3CCN(C(=O)Nc4cc(Cl)cc(Cl)c4)CC3)c2s1. The highest BCUT2D eigenvalue weighted by Gasteiger charge is 2.24. The van der Waals surface area contributed by atoms with Gasteiger partial charge >= 0.3 is 6.03 Å². The molecule has 0 radical (unpaired) electrons. The molecular weight excluding hydrogens is 435 g/mol. The van der Waals surface area contributed by atoms with Gasteiger partial charge in [0, 0.05) is 41.9 Å². The number of carbonyl (C=O) groups is 2. The first-order valence-corrected chi connectivity index (χ1v) is 10.3. The molecule has 3 N–H and O–H groups in total. The van der Waals surface area contributed by atoms with Crippen LogP contribution in [0, 0.1) is 0 Å². The van der Waals surface area contributed by atoms with Crippen molar-refractivity contribution >= 4 is 68.2 Å². The number of fused-ring (bicyclic) bond motifs is 1. The summed E-state index contributed by atoms with van der Waals surface area (Å²) in [5.41, 5.74) is 6.61. The van der Waals surface area contributed by atoms with Crippen LogP contribution in [-0.2, 0) is 0 Å². The van der Waals surface area contributed by atoms with Crippen molar-refractivity contribution in [1.29, 1.82) is 0 Å². The minimum atomic E-state index is -0.485. The van der Waals surface area contributed by atoms with Gasteiger partial charge in [0.25, 0.3) is 5.91 Å². The molecule has 3 aromatic rings. The number of carbonyl (C=O) groups excluding carboxylic acids is 2. The standard InChI is InChI=1S/C18H16Cl2N6O2S/c19-10-5-11(20)7-12(6-10)24-18(28)26-3-1-25(2-4-26)17-15-13(22-9-23-17)8-14(29-15)16(21)27/h5-9H,1-4H2,(H2,21,27)(H,24,28). The van der Waals surface area contributed by atoms with E-state index in [1.165, 1.54) is 17.7 Å². The second kappa shape index (κ2) is 8.02. The zero-order chi connectivity index (χ0) is 20.5. The largest absolute Gasteiger partial charge is 0.365 e. The third kappa shape index (κ3) is 4.21. The summed E-state index contributed by atoms with van der Waals surface area (Å²) in [4.78, 5) is 36.9. The first-order valence-electron chi connectivity index (χ1n) is 8.72. The fourth-order valence-electron chi connectivity index (χ4n) is 3.14. The molecule has 3 amide bonds. The van der Waals surface area contributed by atoms with E-state index in [1.54, 1.807) is 29.2 Å². The third-order valence-electron chi connectivity index (χ3n) is 4.52. The monoisotopic (exact) mass is 450 g/mol. The number of benzene rings is 1. The molecule has 3 heterocycles. The molecule has 29 heavy (non-hydrogen) atoms. The first-order chi connectivity index (χ1) is 13.9. The molecule has 0 bridgehead atoms. The number of anilines is 2. The Balaban J connectivity index is 1.45. The van der Waals surface area contributed by atoms with Crippen molar-refractivity contribution in [2.45, 2.75) is 0 Å². The molecule has 0 unspecified atom stereocenters. The fraction of sp³-hybridized carbons (Fsp3) is 0.222. The van der Waals surface area contributed by atoms with Gasteiger partial charge in [0.2, 0.25) is 0 Å². The Bertz CT molecular complexity index is 1080. The van der Waals surface area contributed by atoms with Crippen LogP contribution in [0.3, 0.4) is 0 Å². The molecule has 1 saturated heterocycles. The highest BCUT2D eigenvalue weighted by molar-refractivity contribution is 7.21. The summed E-state index contributed by atoms with van der Waals surface area (Å²) in [5, 5.41) is 3.73. The Kier molecular flexibility index (Phi) is 5.44. The van der Waals surface area contributed by atoms with Gasteiger partial charge in [-0.1, -0.05) is 23.2 Å². The molecule has 8 nitrogen and oxygen atoms in total. The van der Waals surface area contributed by atoms with Crippen molar-refractivity contribution in [3.63, 3.8) is 0 Å². The van der Waals surface area contributed by atoms with Crippen molar-refractivity contribution in [3.05, 3.63) is 45.5 Å². The van der Waals surface area contributed by atoms with E-state index >= 15 is 0 Å². The molecule has 1 fully saturated rings. The number of rotatable bonds is 3. The van der Waals surface area contributed by atoms with E-state index in [9.17, 15) is 9.59 Å². The Morgan fingerprint density at radius 3 is 2.38 bits per heavy atom. The lowest BCUT2D eigenvalue weighted by atomic mass is 10.3. The number of hydrogen-bond donors (Lipinski definition) is 2. The average molecular weight is 451 g/mol. The number of thiophene rings is 1. The maximum absolute atomic E-state index is 12.6. The van der Waals surface area contributed by atoms with Crippen LogP contribution in [0.15, 0.2) is 30.6 Å². The Morgan fingerprint density at radius 1 is 1.03 bits per heavy atom. The average Bonchev–Trinajstić information content (AvgIpc) is 3.12. The minimum Gasteiger partial charge on any atom is -0.365 e. The summed E-state index contributed by atoms with van der Waals surface area (Å²) in [5.74, 6) is 0.260. The normalized spacial score (nSPS) is 14.3. The van der Waals surface area contributed by atoms with Gasteiger partial charge in [0.1, 0.15) is 12.1 Å². The van der Waals surface area contributed by atoms with Crippen molar-refractivity contribution < 1.29 is 9.59 Å². The van der Waals surface area contributed by atoms with Crippen LogP contribution in [0.1, 0.15) is 9.67 Å². The summed E-state index contributed by atoms with van der Waals surface area (Å²) in [6.07, 6.45) is 1.47. The summed E-state index contributed by atoms with van der Waals surface area (Å²) < 4.78 is 0.813. The number of nitrogens with zero attached hydrogens (tertiary/aromatic N) is 4. The first kappa shape index (κ1) is 19.7. The van der Waals surface area contributed by atoms with Gasteiger partial charge in [-0.3, -0.25) is 4.79 Å². The van der Waals surface area contributed by atoms with E-state index in [2.05, 4.69) is 20.2 Å². The third-order valence-corrected chi connectivity index (χ3v) is 6.09. The number of hydrogen-bond acceptors (Lipinski definition) is 6. The number of nitrogens with two attached hydrogens (primary N) is 1. The van der Waals surface area contributed by atoms with E-state index in [4.69, 9.17) is 28.9 Å². The number of halogens is 2. The molecule has 4 rings (SSSR count). The zero-order valence-electron chi connectivity index (χ0n) is 15.1. The molecule has 0 atom stereocenters. The predicted octanol–water partition coefficient (Wildman–Crippen LogP) is 3.45. The number of aromatic nitrogens is 2. The lowest BCUT2D eigenvalue weighted by molar-refractivity contribution is 0.100. The molecule has 150 valence electrons. The van der Waals surface area contributed by atoms with Gasteiger partial charge in [0.15, 0.2) is 0 Å². The van der Waals surface area contributed by atoms with E-state index in [0.717, 1.165) is 10.5 Å². The zero-order valence-corrected chi connectivity index (χ0v) is 17.4. The Labute approximate surface area is 180 Å². The van der Waals surface area contributed by atoms with Crippen LogP contribution < -0.4 is 16.0 Å². The Hall–Kier alpha value is -2.62. The molecule has 0 saturated carbocycles. The number of piperazine rings is 1. The lowest BCUT2D eigenvalue weighted by Crippen LogP contribution is -2.50. The van der Waals surface area contributed by atoms with Gasteiger partial charge in [-0.15, -0.1) is 11.3 Å². The van der Waals surface area contributed by atoms with Crippen LogP contribution in [0.5, 0.6) is 0 Å². The van der Waals surface area contributed by atoms with Crippen molar-refractivity contribution in [3.8, 4) is 0 Å². The second-order valence-electron chi connectivity index (χ2n) is 6.45. The maximum atomic E-state index is 12.6. The van der Waals surface area contributed by atoms with Crippen molar-refractivity contribution in [1.82, 2.24) is 14.9 Å². The number of urea groups is 1. The number of nitrogens with one attached hydrogen (secondary N) is 1. The van der Waals surface area contributed by atoms with E-state index in [-0.39, 0.29) is 6.03 Å². The molecule has 1 aliphatic rings. The molecule has 11 heteroatoms. The van der Waals surface area contributed by atoms with Crippen molar-refractivity contribution in [2.75, 3.05) is 36.4 Å². The molecular formula is C18H16Cl2N6O2S.